The Morgan fingerprint density at radius 3 is 2.40 bits per heavy atom. The second-order valence-electron chi connectivity index (χ2n) is 13.2. The molecule has 3 aromatic rings. The maximum atomic E-state index is 15.2. The van der Waals surface area contributed by atoms with Crippen LogP contribution in [0, 0.1) is 11.7 Å². The first-order chi connectivity index (χ1) is 20.2. The van der Waals surface area contributed by atoms with Gasteiger partial charge in [-0.1, -0.05) is 63.9 Å². The molecular formula is C34H42FN5O2. The van der Waals surface area contributed by atoms with Crippen molar-refractivity contribution in [1.82, 2.24) is 15.5 Å². The molecule has 0 unspecified atom stereocenters. The lowest BCUT2D eigenvalue weighted by atomic mass is 9.86. The molecule has 1 spiro atoms. The van der Waals surface area contributed by atoms with Crippen molar-refractivity contribution < 1.29 is 13.9 Å². The zero-order valence-corrected chi connectivity index (χ0v) is 25.0. The van der Waals surface area contributed by atoms with E-state index in [9.17, 15) is 4.79 Å². The van der Waals surface area contributed by atoms with Crippen LogP contribution in [0.4, 0.5) is 15.9 Å². The number of amides is 1. The van der Waals surface area contributed by atoms with Crippen LogP contribution in [0.3, 0.4) is 0 Å². The van der Waals surface area contributed by atoms with Gasteiger partial charge < -0.3 is 19.9 Å². The van der Waals surface area contributed by atoms with Crippen molar-refractivity contribution in [1.29, 1.82) is 0 Å². The van der Waals surface area contributed by atoms with E-state index in [0.29, 0.717) is 24.5 Å². The summed E-state index contributed by atoms with van der Waals surface area (Å²) in [5.41, 5.74) is 3.30. The lowest BCUT2D eigenvalue weighted by Gasteiger charge is -2.41. The van der Waals surface area contributed by atoms with E-state index < -0.39 is 5.60 Å². The minimum atomic E-state index is -0.451. The summed E-state index contributed by atoms with van der Waals surface area (Å²) in [6.45, 7) is 10.3. The van der Waals surface area contributed by atoms with Crippen molar-refractivity contribution >= 4 is 17.4 Å². The zero-order chi connectivity index (χ0) is 29.3. The summed E-state index contributed by atoms with van der Waals surface area (Å²) in [6, 6.07) is 17.6. The van der Waals surface area contributed by atoms with Gasteiger partial charge in [-0.25, -0.2) is 4.39 Å². The van der Waals surface area contributed by atoms with E-state index in [1.807, 2.05) is 12.1 Å². The van der Waals surface area contributed by atoms with Crippen molar-refractivity contribution in [3.05, 3.63) is 77.2 Å². The molecule has 2 aliphatic heterocycles. The lowest BCUT2D eigenvalue weighted by molar-refractivity contribution is 0.0373. The van der Waals surface area contributed by atoms with E-state index in [1.165, 1.54) is 30.0 Å². The number of ether oxygens (including phenoxy) is 1. The minimum Gasteiger partial charge on any atom is -0.482 e. The predicted octanol–water partition coefficient (Wildman–Crippen LogP) is 6.27. The highest BCUT2D eigenvalue weighted by molar-refractivity contribution is 5.92. The number of benzene rings is 2. The van der Waals surface area contributed by atoms with Crippen LogP contribution < -0.4 is 19.9 Å². The van der Waals surface area contributed by atoms with E-state index in [1.54, 1.807) is 12.1 Å². The molecule has 3 aliphatic rings. The largest absolute Gasteiger partial charge is 0.482 e. The Labute approximate surface area is 248 Å². The molecule has 1 N–H and O–H groups in total. The average molecular weight is 572 g/mol. The van der Waals surface area contributed by atoms with Gasteiger partial charge in [-0.05, 0) is 53.1 Å². The second-order valence-corrected chi connectivity index (χ2v) is 13.2. The van der Waals surface area contributed by atoms with Gasteiger partial charge in [-0.15, -0.1) is 10.2 Å². The van der Waals surface area contributed by atoms with Gasteiger partial charge in [-0.2, -0.15) is 0 Å². The van der Waals surface area contributed by atoms with Crippen molar-refractivity contribution in [2.45, 2.75) is 76.9 Å². The molecule has 1 amide bonds. The molecule has 0 radical (unpaired) electrons. The Morgan fingerprint density at radius 2 is 1.74 bits per heavy atom. The fraction of sp³-hybridized carbons (Fsp3) is 0.500. The Morgan fingerprint density at radius 1 is 1.00 bits per heavy atom. The standard InChI is InChI=1S/C34H42FN5O2/c1-33(2,3)26-11-9-25(10-12-26)23-40-22-18-34(42-31-27(35)5-4-6-29(31)40)16-20-39(21-17-34)30-14-13-28(37-38-30)32(41)36-19-15-24-7-8-24/h4-6,9-14,24H,7-8,15-23H2,1-3H3,(H,36,41). The quantitative estimate of drug-likeness (QED) is 0.360. The number of rotatable bonds is 7. The van der Waals surface area contributed by atoms with Crippen LogP contribution in [0.2, 0.25) is 0 Å². The lowest BCUT2D eigenvalue weighted by Crippen LogP contribution is -2.49. The third kappa shape index (κ3) is 6.37. The van der Waals surface area contributed by atoms with Gasteiger partial charge in [0, 0.05) is 52.0 Å². The maximum Gasteiger partial charge on any atom is 0.271 e. The number of para-hydroxylation sites is 1. The van der Waals surface area contributed by atoms with Crippen LogP contribution in [-0.4, -0.2) is 47.9 Å². The van der Waals surface area contributed by atoms with E-state index in [-0.39, 0.29) is 17.1 Å². The number of carbonyl (C=O) groups excluding carboxylic acids is 1. The van der Waals surface area contributed by atoms with Crippen LogP contribution in [0.15, 0.2) is 54.6 Å². The monoisotopic (exact) mass is 571 g/mol. The number of fused-ring (bicyclic) bond motifs is 1. The Bertz CT molecular complexity index is 1390. The van der Waals surface area contributed by atoms with Crippen LogP contribution in [0.5, 0.6) is 5.75 Å². The predicted molar refractivity (Wildman–Crippen MR) is 164 cm³/mol. The SMILES string of the molecule is CC(C)(C)c1ccc(CN2CCC3(CCN(c4ccc(C(=O)NCCC5CC5)nn4)CC3)Oc3c(F)cccc32)cc1. The normalized spacial score (nSPS) is 18.3. The Hall–Kier alpha value is -3.68. The maximum absolute atomic E-state index is 15.2. The Kier molecular flexibility index (Phi) is 7.81. The molecule has 1 aliphatic carbocycles. The number of aromatic nitrogens is 2. The van der Waals surface area contributed by atoms with Gasteiger partial charge >= 0.3 is 0 Å². The van der Waals surface area contributed by atoms with Gasteiger partial charge in [0.25, 0.3) is 5.91 Å². The molecular weight excluding hydrogens is 529 g/mol. The average Bonchev–Trinajstić information content (AvgIpc) is 3.82. The van der Waals surface area contributed by atoms with Gasteiger partial charge in [-0.3, -0.25) is 4.79 Å². The summed E-state index contributed by atoms with van der Waals surface area (Å²) >= 11 is 0. The third-order valence-corrected chi connectivity index (χ3v) is 9.05. The molecule has 7 nitrogen and oxygen atoms in total. The molecule has 0 bridgehead atoms. The van der Waals surface area contributed by atoms with E-state index >= 15 is 4.39 Å². The highest BCUT2D eigenvalue weighted by Crippen LogP contribution is 2.43. The molecule has 42 heavy (non-hydrogen) atoms. The summed E-state index contributed by atoms with van der Waals surface area (Å²) in [5, 5.41) is 11.5. The molecule has 1 aromatic heterocycles. The number of nitrogens with zero attached hydrogens (tertiary/aromatic N) is 4. The molecule has 222 valence electrons. The van der Waals surface area contributed by atoms with Crippen LogP contribution in [0.1, 0.15) is 80.9 Å². The molecule has 3 heterocycles. The number of hydrogen-bond acceptors (Lipinski definition) is 6. The van der Waals surface area contributed by atoms with E-state index in [2.05, 4.69) is 70.4 Å². The molecule has 0 atom stereocenters. The van der Waals surface area contributed by atoms with Crippen molar-refractivity contribution in [2.24, 2.45) is 5.92 Å². The highest BCUT2D eigenvalue weighted by atomic mass is 19.1. The topological polar surface area (TPSA) is 70.6 Å². The fourth-order valence-corrected chi connectivity index (χ4v) is 6.07. The Balaban J connectivity index is 1.11. The molecule has 2 fully saturated rings. The molecule has 1 saturated carbocycles. The highest BCUT2D eigenvalue weighted by Gasteiger charge is 2.41. The smallest absolute Gasteiger partial charge is 0.271 e. The summed E-state index contributed by atoms with van der Waals surface area (Å²) < 4.78 is 21.8. The summed E-state index contributed by atoms with van der Waals surface area (Å²) in [5.74, 6) is 1.39. The van der Waals surface area contributed by atoms with Crippen molar-refractivity contribution in [2.75, 3.05) is 36.0 Å². The summed E-state index contributed by atoms with van der Waals surface area (Å²) in [7, 11) is 0. The van der Waals surface area contributed by atoms with E-state index in [0.717, 1.165) is 62.7 Å². The minimum absolute atomic E-state index is 0.100. The third-order valence-electron chi connectivity index (χ3n) is 9.05. The van der Waals surface area contributed by atoms with Crippen LogP contribution >= 0.6 is 0 Å². The molecule has 1 saturated heterocycles. The van der Waals surface area contributed by atoms with Gasteiger partial charge in [0.15, 0.2) is 23.1 Å². The zero-order valence-electron chi connectivity index (χ0n) is 25.0. The van der Waals surface area contributed by atoms with Crippen LogP contribution in [-0.2, 0) is 12.0 Å². The first kappa shape index (κ1) is 28.4. The second kappa shape index (κ2) is 11.5. The van der Waals surface area contributed by atoms with Crippen molar-refractivity contribution in [3.8, 4) is 5.75 Å². The first-order valence-corrected chi connectivity index (χ1v) is 15.4. The molecule has 6 rings (SSSR count). The number of carbonyl (C=O) groups is 1. The number of halogens is 1. The summed E-state index contributed by atoms with van der Waals surface area (Å²) in [6.07, 6.45) is 5.89. The number of anilines is 2. The van der Waals surface area contributed by atoms with Crippen molar-refractivity contribution in [3.63, 3.8) is 0 Å². The van der Waals surface area contributed by atoms with Gasteiger partial charge in [0.05, 0.1) is 5.69 Å². The summed E-state index contributed by atoms with van der Waals surface area (Å²) in [4.78, 5) is 16.8. The number of hydrogen-bond donors (Lipinski definition) is 1. The first-order valence-electron chi connectivity index (χ1n) is 15.4. The number of nitrogens with one attached hydrogen (secondary N) is 1. The van der Waals surface area contributed by atoms with Crippen LogP contribution in [0.25, 0.3) is 0 Å². The van der Waals surface area contributed by atoms with Gasteiger partial charge in [0.1, 0.15) is 5.60 Å². The van der Waals surface area contributed by atoms with Gasteiger partial charge in [0.2, 0.25) is 0 Å². The molecule has 2 aromatic carbocycles. The fourth-order valence-electron chi connectivity index (χ4n) is 6.07. The molecule has 8 heteroatoms. The number of piperidine rings is 1. The van der Waals surface area contributed by atoms with E-state index in [4.69, 9.17) is 4.74 Å².